The molecule has 3 rings (SSSR count). The number of oxazole rings is 1. The molecule has 1 heterocycles. The first-order valence-corrected chi connectivity index (χ1v) is 8.90. The summed E-state index contributed by atoms with van der Waals surface area (Å²) in [4.78, 5) is 17.2. The second-order valence-electron chi connectivity index (χ2n) is 7.41. The fraction of sp³-hybridized carbons (Fsp3) is 0.333. The van der Waals surface area contributed by atoms with Crippen molar-refractivity contribution in [3.05, 3.63) is 54.4 Å². The number of fused-ring (bicyclic) bond motifs is 1. The lowest BCUT2D eigenvalue weighted by Gasteiger charge is -2.18. The van der Waals surface area contributed by atoms with Crippen LogP contribution in [0.15, 0.2) is 52.9 Å². The van der Waals surface area contributed by atoms with Gasteiger partial charge in [-0.3, -0.25) is 4.79 Å². The van der Waals surface area contributed by atoms with Crippen LogP contribution < -0.4 is 10.6 Å². The summed E-state index contributed by atoms with van der Waals surface area (Å²) in [5.41, 5.74) is 2.95. The first kappa shape index (κ1) is 18.0. The topological polar surface area (TPSA) is 67.2 Å². The molecule has 0 fully saturated rings. The summed E-state index contributed by atoms with van der Waals surface area (Å²) >= 11 is 0. The van der Waals surface area contributed by atoms with Gasteiger partial charge < -0.3 is 15.1 Å². The first-order chi connectivity index (χ1) is 12.4. The molecule has 0 radical (unpaired) electrons. The van der Waals surface area contributed by atoms with Crippen molar-refractivity contribution in [1.29, 1.82) is 0 Å². The van der Waals surface area contributed by atoms with Gasteiger partial charge >= 0.3 is 0 Å². The van der Waals surface area contributed by atoms with Gasteiger partial charge in [0.2, 0.25) is 11.8 Å². The highest BCUT2D eigenvalue weighted by molar-refractivity contribution is 5.97. The van der Waals surface area contributed by atoms with Crippen LogP contribution in [0.1, 0.15) is 40.0 Å². The van der Waals surface area contributed by atoms with E-state index in [2.05, 4.69) is 36.4 Å². The quantitative estimate of drug-likeness (QED) is 0.682. The highest BCUT2D eigenvalue weighted by atomic mass is 16.3. The lowest BCUT2D eigenvalue weighted by molar-refractivity contribution is -0.116. The molecule has 5 nitrogen and oxygen atoms in total. The number of hydrogen-bond donors (Lipinski definition) is 2. The van der Waals surface area contributed by atoms with Gasteiger partial charge in [0, 0.05) is 16.8 Å². The number of para-hydroxylation sites is 1. The third-order valence-electron chi connectivity index (χ3n) is 4.14. The Balaban J connectivity index is 1.75. The molecule has 0 saturated heterocycles. The summed E-state index contributed by atoms with van der Waals surface area (Å²) in [5, 5.41) is 6.23. The third kappa shape index (κ3) is 4.04. The number of hydrogen-bond acceptors (Lipinski definition) is 4. The maximum atomic E-state index is 12.6. The molecule has 2 aromatic carbocycles. The first-order valence-electron chi connectivity index (χ1n) is 8.90. The second-order valence-corrected chi connectivity index (χ2v) is 7.41. The molecule has 2 N–H and O–H groups in total. The minimum Gasteiger partial charge on any atom is -0.440 e. The summed E-state index contributed by atoms with van der Waals surface area (Å²) in [7, 11) is 0. The average Bonchev–Trinajstić information content (AvgIpc) is 3.04. The molecule has 136 valence electrons. The smallest absolute Gasteiger partial charge is 0.246 e. The normalized spacial score (nSPS) is 12.8. The van der Waals surface area contributed by atoms with Crippen LogP contribution in [0.4, 0.5) is 11.4 Å². The number of carbonyl (C=O) groups is 1. The van der Waals surface area contributed by atoms with Crippen LogP contribution in [-0.4, -0.2) is 16.9 Å². The zero-order chi connectivity index (χ0) is 18.7. The van der Waals surface area contributed by atoms with Crippen molar-refractivity contribution < 1.29 is 9.21 Å². The van der Waals surface area contributed by atoms with Crippen molar-refractivity contribution in [2.45, 2.75) is 45.6 Å². The van der Waals surface area contributed by atoms with Crippen molar-refractivity contribution in [3.63, 3.8) is 0 Å². The Morgan fingerprint density at radius 2 is 1.85 bits per heavy atom. The second kappa shape index (κ2) is 7.20. The monoisotopic (exact) mass is 351 g/mol. The lowest BCUT2D eigenvalue weighted by atomic mass is 9.97. The molecule has 0 aliphatic rings. The highest BCUT2D eigenvalue weighted by Crippen LogP contribution is 2.27. The Kier molecular flexibility index (Phi) is 4.98. The van der Waals surface area contributed by atoms with Gasteiger partial charge in [-0.2, -0.15) is 0 Å². The van der Waals surface area contributed by atoms with Crippen LogP contribution in [0, 0.1) is 0 Å². The van der Waals surface area contributed by atoms with Crippen LogP contribution in [-0.2, 0) is 10.2 Å². The van der Waals surface area contributed by atoms with E-state index in [4.69, 9.17) is 4.42 Å². The summed E-state index contributed by atoms with van der Waals surface area (Å²) in [6.07, 6.45) is 0.682. The summed E-state index contributed by atoms with van der Waals surface area (Å²) < 4.78 is 5.80. The third-order valence-corrected chi connectivity index (χ3v) is 4.14. The fourth-order valence-electron chi connectivity index (χ4n) is 2.64. The van der Waals surface area contributed by atoms with Crippen molar-refractivity contribution in [3.8, 4) is 0 Å². The molecular formula is C21H25N3O2. The molecule has 0 unspecified atom stereocenters. The van der Waals surface area contributed by atoms with Crippen LogP contribution in [0.3, 0.4) is 0 Å². The highest BCUT2D eigenvalue weighted by Gasteiger charge is 2.21. The Hall–Kier alpha value is -2.82. The minimum atomic E-state index is -0.310. The number of nitrogens with zero attached hydrogens (tertiary/aromatic N) is 1. The molecule has 5 heteroatoms. The number of amides is 1. The molecule has 1 atom stereocenters. The van der Waals surface area contributed by atoms with Crippen molar-refractivity contribution >= 4 is 28.4 Å². The number of rotatable bonds is 5. The van der Waals surface area contributed by atoms with E-state index in [-0.39, 0.29) is 17.4 Å². The molecule has 26 heavy (non-hydrogen) atoms. The summed E-state index contributed by atoms with van der Waals surface area (Å²) in [6.45, 7) is 8.15. The summed E-state index contributed by atoms with van der Waals surface area (Å²) in [5.74, 6) is 0.614. The Bertz CT molecular complexity index is 895. The predicted molar refractivity (Wildman–Crippen MR) is 105 cm³/mol. The predicted octanol–water partition coefficient (Wildman–Crippen LogP) is 4.95. The van der Waals surface area contributed by atoms with Gasteiger partial charge in [-0.05, 0) is 36.8 Å². The zero-order valence-corrected chi connectivity index (χ0v) is 15.7. The van der Waals surface area contributed by atoms with E-state index in [1.807, 2.05) is 55.5 Å². The Morgan fingerprint density at radius 3 is 2.50 bits per heavy atom. The maximum Gasteiger partial charge on any atom is 0.246 e. The van der Waals surface area contributed by atoms with Crippen LogP contribution in [0.2, 0.25) is 0 Å². The van der Waals surface area contributed by atoms with Crippen LogP contribution >= 0.6 is 0 Å². The van der Waals surface area contributed by atoms with E-state index < -0.39 is 0 Å². The van der Waals surface area contributed by atoms with E-state index >= 15 is 0 Å². The van der Waals surface area contributed by atoms with Crippen LogP contribution in [0.5, 0.6) is 0 Å². The maximum absolute atomic E-state index is 12.6. The summed E-state index contributed by atoms with van der Waals surface area (Å²) in [6, 6.07) is 15.0. The molecule has 1 aromatic heterocycles. The number of carbonyl (C=O) groups excluding carboxylic acids is 1. The molecular weight excluding hydrogens is 326 g/mol. The molecule has 0 bridgehead atoms. The van der Waals surface area contributed by atoms with Gasteiger partial charge in [-0.25, -0.2) is 4.98 Å². The van der Waals surface area contributed by atoms with Crippen molar-refractivity contribution in [2.24, 2.45) is 0 Å². The molecule has 0 aliphatic heterocycles. The van der Waals surface area contributed by atoms with E-state index in [1.165, 1.54) is 0 Å². The number of anilines is 2. The minimum absolute atomic E-state index is 0.0738. The Morgan fingerprint density at radius 1 is 1.12 bits per heavy atom. The number of benzene rings is 2. The van der Waals surface area contributed by atoms with Gasteiger partial charge in [0.25, 0.3) is 0 Å². The standard InChI is InChI=1S/C21H25N3O2/c1-5-16(22-14-9-7-6-8-10-14)19(25)23-15-11-12-18-17(13-15)24-20(26-18)21(2,3)4/h6-13,16,22H,5H2,1-4H3,(H,23,25)/t16-/m0/s1. The molecule has 0 spiro atoms. The van der Waals surface area contributed by atoms with Crippen molar-refractivity contribution in [1.82, 2.24) is 4.98 Å². The molecule has 1 amide bonds. The molecule has 0 aliphatic carbocycles. The number of nitrogens with one attached hydrogen (secondary N) is 2. The SMILES string of the molecule is CC[C@H](Nc1ccccc1)C(=O)Nc1ccc2oc(C(C)(C)C)nc2c1. The van der Waals surface area contributed by atoms with E-state index in [0.717, 1.165) is 16.8 Å². The molecule has 0 saturated carbocycles. The fourth-order valence-corrected chi connectivity index (χ4v) is 2.64. The van der Waals surface area contributed by atoms with Gasteiger partial charge in [0.1, 0.15) is 11.6 Å². The largest absolute Gasteiger partial charge is 0.440 e. The Labute approximate surface area is 153 Å². The lowest BCUT2D eigenvalue weighted by Crippen LogP contribution is -2.34. The van der Waals surface area contributed by atoms with Gasteiger partial charge in [-0.15, -0.1) is 0 Å². The van der Waals surface area contributed by atoms with Gasteiger partial charge in [-0.1, -0.05) is 45.9 Å². The van der Waals surface area contributed by atoms with E-state index in [0.29, 0.717) is 18.0 Å². The van der Waals surface area contributed by atoms with Crippen LogP contribution in [0.25, 0.3) is 11.1 Å². The van der Waals surface area contributed by atoms with E-state index in [1.54, 1.807) is 0 Å². The van der Waals surface area contributed by atoms with Gasteiger partial charge in [0.15, 0.2) is 5.58 Å². The number of aromatic nitrogens is 1. The van der Waals surface area contributed by atoms with Crippen molar-refractivity contribution in [2.75, 3.05) is 10.6 Å². The van der Waals surface area contributed by atoms with Gasteiger partial charge in [0.05, 0.1) is 0 Å². The molecule has 3 aromatic rings. The van der Waals surface area contributed by atoms with E-state index in [9.17, 15) is 4.79 Å². The average molecular weight is 351 g/mol. The zero-order valence-electron chi connectivity index (χ0n) is 15.7.